The van der Waals surface area contributed by atoms with Gasteiger partial charge in [0.1, 0.15) is 11.5 Å². The lowest BCUT2D eigenvalue weighted by Crippen LogP contribution is -2.16. The number of nitrogens with two attached hydrogens (primary N) is 1. The SMILES string of the molecule is COc1ccc(-c2cnoc2-c2cc(C)c(C)c(OC)c2)cc1NC(=O)CCN. The second kappa shape index (κ2) is 8.79. The van der Waals surface area contributed by atoms with Gasteiger partial charge in [0.05, 0.1) is 26.1 Å². The zero-order valence-electron chi connectivity index (χ0n) is 17.0. The van der Waals surface area contributed by atoms with E-state index in [4.69, 9.17) is 19.7 Å². The molecule has 7 heteroatoms. The number of methoxy groups -OCH3 is 2. The zero-order valence-corrected chi connectivity index (χ0v) is 17.0. The van der Waals surface area contributed by atoms with Crippen LogP contribution in [0.2, 0.25) is 0 Å². The Bertz CT molecular complexity index is 1030. The van der Waals surface area contributed by atoms with Crippen molar-refractivity contribution < 1.29 is 18.8 Å². The van der Waals surface area contributed by atoms with Crippen molar-refractivity contribution >= 4 is 11.6 Å². The van der Waals surface area contributed by atoms with Crippen LogP contribution in [0.15, 0.2) is 41.1 Å². The van der Waals surface area contributed by atoms with Gasteiger partial charge in [-0.15, -0.1) is 0 Å². The Labute approximate surface area is 169 Å². The number of benzene rings is 2. The second-order valence-corrected chi connectivity index (χ2v) is 6.69. The number of carbonyl (C=O) groups excluding carboxylic acids is 1. The summed E-state index contributed by atoms with van der Waals surface area (Å²) >= 11 is 0. The number of carbonyl (C=O) groups is 1. The fraction of sp³-hybridized carbons (Fsp3) is 0.273. The highest BCUT2D eigenvalue weighted by Crippen LogP contribution is 2.38. The van der Waals surface area contributed by atoms with Gasteiger partial charge in [-0.2, -0.15) is 0 Å². The number of amides is 1. The van der Waals surface area contributed by atoms with Crippen molar-refractivity contribution in [1.29, 1.82) is 0 Å². The fourth-order valence-electron chi connectivity index (χ4n) is 3.14. The molecule has 2 aromatic carbocycles. The van der Waals surface area contributed by atoms with Crippen molar-refractivity contribution in [1.82, 2.24) is 5.16 Å². The van der Waals surface area contributed by atoms with Crippen LogP contribution in [0, 0.1) is 13.8 Å². The molecule has 0 unspecified atom stereocenters. The first-order valence-electron chi connectivity index (χ1n) is 9.27. The van der Waals surface area contributed by atoms with Crippen LogP contribution in [0.5, 0.6) is 11.5 Å². The van der Waals surface area contributed by atoms with E-state index in [1.165, 1.54) is 0 Å². The van der Waals surface area contributed by atoms with Crippen LogP contribution in [-0.4, -0.2) is 31.8 Å². The molecule has 0 atom stereocenters. The Morgan fingerprint density at radius 2 is 1.86 bits per heavy atom. The summed E-state index contributed by atoms with van der Waals surface area (Å²) in [7, 11) is 3.20. The molecule has 0 fully saturated rings. The minimum absolute atomic E-state index is 0.174. The standard InChI is InChI=1S/C22H25N3O4/c1-13-9-16(11-20(28-4)14(13)2)22-17(12-24-29-22)15-5-6-19(27-3)18(10-15)25-21(26)7-8-23/h5-6,9-12H,7-8,23H2,1-4H3,(H,25,26). The Hall–Kier alpha value is -3.32. The van der Waals surface area contributed by atoms with E-state index < -0.39 is 0 Å². The van der Waals surface area contributed by atoms with Gasteiger partial charge >= 0.3 is 0 Å². The number of rotatable bonds is 7. The van der Waals surface area contributed by atoms with Gasteiger partial charge in [0, 0.05) is 24.1 Å². The number of hydrogen-bond donors (Lipinski definition) is 2. The summed E-state index contributed by atoms with van der Waals surface area (Å²) in [6, 6.07) is 9.49. The normalized spacial score (nSPS) is 10.7. The maximum Gasteiger partial charge on any atom is 0.225 e. The number of anilines is 1. The highest BCUT2D eigenvalue weighted by Gasteiger charge is 2.17. The molecule has 0 saturated heterocycles. The fourth-order valence-corrected chi connectivity index (χ4v) is 3.14. The van der Waals surface area contributed by atoms with Crippen molar-refractivity contribution in [2.45, 2.75) is 20.3 Å². The molecular weight excluding hydrogens is 370 g/mol. The van der Waals surface area contributed by atoms with Gasteiger partial charge in [-0.3, -0.25) is 4.79 Å². The largest absolute Gasteiger partial charge is 0.496 e. The molecule has 0 aliphatic carbocycles. The van der Waals surface area contributed by atoms with Gasteiger partial charge in [-0.05, 0) is 54.8 Å². The third-order valence-corrected chi connectivity index (χ3v) is 4.83. The Morgan fingerprint density at radius 3 is 2.55 bits per heavy atom. The third-order valence-electron chi connectivity index (χ3n) is 4.83. The summed E-state index contributed by atoms with van der Waals surface area (Å²) in [6.45, 7) is 4.31. The maximum absolute atomic E-state index is 12.0. The summed E-state index contributed by atoms with van der Waals surface area (Å²) in [6.07, 6.45) is 1.89. The first-order valence-corrected chi connectivity index (χ1v) is 9.27. The van der Waals surface area contributed by atoms with Gasteiger partial charge in [0.2, 0.25) is 5.91 Å². The van der Waals surface area contributed by atoms with Crippen LogP contribution in [0.3, 0.4) is 0 Å². The Morgan fingerprint density at radius 1 is 1.10 bits per heavy atom. The predicted octanol–water partition coefficient (Wildman–Crippen LogP) is 3.93. The molecule has 3 N–H and O–H groups in total. The van der Waals surface area contributed by atoms with Gasteiger partial charge in [0.25, 0.3) is 0 Å². The van der Waals surface area contributed by atoms with E-state index in [0.29, 0.717) is 17.2 Å². The number of aromatic nitrogens is 1. The number of nitrogens with zero attached hydrogens (tertiary/aromatic N) is 1. The van der Waals surface area contributed by atoms with E-state index in [2.05, 4.69) is 10.5 Å². The van der Waals surface area contributed by atoms with Gasteiger partial charge in [-0.25, -0.2) is 0 Å². The first kappa shape index (κ1) is 20.4. The number of nitrogens with one attached hydrogen (secondary N) is 1. The minimum atomic E-state index is -0.174. The van der Waals surface area contributed by atoms with Crippen LogP contribution in [-0.2, 0) is 4.79 Å². The van der Waals surface area contributed by atoms with Crippen LogP contribution < -0.4 is 20.5 Å². The highest BCUT2D eigenvalue weighted by atomic mass is 16.5. The lowest BCUT2D eigenvalue weighted by molar-refractivity contribution is -0.116. The molecule has 0 spiro atoms. The number of hydrogen-bond acceptors (Lipinski definition) is 6. The summed E-state index contributed by atoms with van der Waals surface area (Å²) in [4.78, 5) is 12.0. The van der Waals surface area contributed by atoms with E-state index >= 15 is 0 Å². The van der Waals surface area contributed by atoms with Crippen molar-refractivity contribution in [3.8, 4) is 33.9 Å². The monoisotopic (exact) mass is 395 g/mol. The quantitative estimate of drug-likeness (QED) is 0.629. The van der Waals surface area contributed by atoms with E-state index in [1.807, 2.05) is 38.1 Å². The molecule has 29 heavy (non-hydrogen) atoms. The van der Waals surface area contributed by atoms with E-state index in [9.17, 15) is 4.79 Å². The number of aryl methyl sites for hydroxylation is 1. The van der Waals surface area contributed by atoms with Crippen LogP contribution >= 0.6 is 0 Å². The topological polar surface area (TPSA) is 99.6 Å². The molecule has 7 nitrogen and oxygen atoms in total. The van der Waals surface area contributed by atoms with E-state index in [1.54, 1.807) is 26.5 Å². The molecular formula is C22H25N3O4. The third kappa shape index (κ3) is 4.25. The maximum atomic E-state index is 12.0. The van der Waals surface area contributed by atoms with Crippen molar-refractivity contribution in [2.24, 2.45) is 5.73 Å². The Balaban J connectivity index is 2.05. The summed E-state index contributed by atoms with van der Waals surface area (Å²) in [5.41, 5.74) is 10.7. The molecule has 0 aliphatic heterocycles. The highest BCUT2D eigenvalue weighted by molar-refractivity contribution is 5.94. The van der Waals surface area contributed by atoms with E-state index in [0.717, 1.165) is 33.6 Å². The number of ether oxygens (including phenoxy) is 2. The summed E-state index contributed by atoms with van der Waals surface area (Å²) in [5, 5.41) is 6.84. The first-order chi connectivity index (χ1) is 14.0. The van der Waals surface area contributed by atoms with Crippen molar-refractivity contribution in [2.75, 3.05) is 26.1 Å². The van der Waals surface area contributed by atoms with Crippen molar-refractivity contribution in [3.63, 3.8) is 0 Å². The average Bonchev–Trinajstić information content (AvgIpc) is 3.20. The summed E-state index contributed by atoms with van der Waals surface area (Å²) in [5.74, 6) is 1.79. The van der Waals surface area contributed by atoms with Crippen LogP contribution in [0.25, 0.3) is 22.5 Å². The minimum Gasteiger partial charge on any atom is -0.496 e. The zero-order chi connectivity index (χ0) is 21.0. The lowest BCUT2D eigenvalue weighted by atomic mass is 9.98. The molecule has 3 rings (SSSR count). The van der Waals surface area contributed by atoms with E-state index in [-0.39, 0.29) is 18.9 Å². The molecule has 0 bridgehead atoms. The average molecular weight is 395 g/mol. The van der Waals surface area contributed by atoms with Gasteiger partial charge < -0.3 is 25.0 Å². The van der Waals surface area contributed by atoms with Crippen LogP contribution in [0.4, 0.5) is 5.69 Å². The molecule has 1 amide bonds. The molecule has 0 aliphatic rings. The molecule has 1 aromatic heterocycles. The summed E-state index contributed by atoms with van der Waals surface area (Å²) < 4.78 is 16.4. The van der Waals surface area contributed by atoms with Crippen molar-refractivity contribution in [3.05, 3.63) is 47.7 Å². The molecule has 3 aromatic rings. The Kier molecular flexibility index (Phi) is 6.19. The van der Waals surface area contributed by atoms with Gasteiger partial charge in [-0.1, -0.05) is 11.2 Å². The molecule has 0 radical (unpaired) electrons. The molecule has 0 saturated carbocycles. The molecule has 1 heterocycles. The van der Waals surface area contributed by atoms with Crippen LogP contribution in [0.1, 0.15) is 17.5 Å². The smallest absolute Gasteiger partial charge is 0.225 e. The predicted molar refractivity (Wildman–Crippen MR) is 112 cm³/mol. The van der Waals surface area contributed by atoms with Gasteiger partial charge in [0.15, 0.2) is 5.76 Å². The lowest BCUT2D eigenvalue weighted by Gasteiger charge is -2.13. The molecule has 152 valence electrons. The second-order valence-electron chi connectivity index (χ2n) is 6.69.